The number of nitrogens with one attached hydrogen (secondary N) is 1. The fourth-order valence-corrected chi connectivity index (χ4v) is 6.20. The van der Waals surface area contributed by atoms with Crippen molar-refractivity contribution in [1.29, 1.82) is 0 Å². The number of nitrogens with zero attached hydrogens (tertiary/aromatic N) is 1. The maximum absolute atomic E-state index is 13.0. The highest BCUT2D eigenvalue weighted by Gasteiger charge is 2.47. The molecule has 0 spiro atoms. The van der Waals surface area contributed by atoms with Crippen molar-refractivity contribution in [2.75, 3.05) is 13.1 Å². The van der Waals surface area contributed by atoms with Crippen molar-refractivity contribution in [1.82, 2.24) is 9.62 Å². The average molecular weight is 462 g/mol. The minimum Gasteiger partial charge on any atom is -0.352 e. The third-order valence-electron chi connectivity index (χ3n) is 6.12. The summed E-state index contributed by atoms with van der Waals surface area (Å²) in [6.07, 6.45) is -2.61. The first-order valence-electron chi connectivity index (χ1n) is 10.4. The van der Waals surface area contributed by atoms with Gasteiger partial charge in [0.1, 0.15) is 0 Å². The largest absolute Gasteiger partial charge is 0.416 e. The average Bonchev–Trinajstić information content (AvgIpc) is 3.22. The summed E-state index contributed by atoms with van der Waals surface area (Å²) < 4.78 is 66.2. The van der Waals surface area contributed by atoms with Gasteiger partial charge in [0.05, 0.1) is 16.5 Å². The van der Waals surface area contributed by atoms with Crippen LogP contribution in [0.2, 0.25) is 0 Å². The predicted octanol–water partition coefficient (Wildman–Crippen LogP) is 2.98. The Labute approximate surface area is 181 Å². The Bertz CT molecular complexity index is 928. The summed E-state index contributed by atoms with van der Waals surface area (Å²) in [6, 6.07) is 2.98. The van der Waals surface area contributed by atoms with Crippen LogP contribution in [0, 0.1) is 17.3 Å². The summed E-state index contributed by atoms with van der Waals surface area (Å²) in [4.78, 5) is 12.2. The zero-order valence-electron chi connectivity index (χ0n) is 17.9. The second kappa shape index (κ2) is 8.37. The molecule has 3 rings (SSSR count). The number of rotatable bonds is 5. The highest BCUT2D eigenvalue weighted by Crippen LogP contribution is 2.41. The van der Waals surface area contributed by atoms with Crippen LogP contribution in [0.4, 0.5) is 13.2 Å². The van der Waals surface area contributed by atoms with E-state index in [0.29, 0.717) is 12.5 Å². The fraction of sp³-hybridized carbons (Fsp3) is 0.667. The summed E-state index contributed by atoms with van der Waals surface area (Å²) in [5.41, 5.74) is 4.94. The van der Waals surface area contributed by atoms with Crippen LogP contribution in [0.25, 0.3) is 0 Å². The first-order chi connectivity index (χ1) is 14.2. The van der Waals surface area contributed by atoms with Crippen molar-refractivity contribution in [3.63, 3.8) is 0 Å². The van der Waals surface area contributed by atoms with E-state index in [2.05, 4.69) is 5.32 Å². The number of sulfonamides is 1. The van der Waals surface area contributed by atoms with E-state index in [1.54, 1.807) is 0 Å². The number of hydrogen-bond acceptors (Lipinski definition) is 4. The summed E-state index contributed by atoms with van der Waals surface area (Å²) in [6.45, 7) is 6.41. The van der Waals surface area contributed by atoms with Crippen LogP contribution in [0.1, 0.15) is 45.6 Å². The monoisotopic (exact) mass is 461 g/mol. The number of fused-ring (bicyclic) bond motifs is 1. The van der Waals surface area contributed by atoms with Gasteiger partial charge in [-0.25, -0.2) is 8.42 Å². The van der Waals surface area contributed by atoms with Crippen molar-refractivity contribution in [3.05, 3.63) is 29.8 Å². The second-order valence-electron chi connectivity index (χ2n) is 9.84. The van der Waals surface area contributed by atoms with Crippen LogP contribution >= 0.6 is 0 Å². The number of alkyl halides is 3. The molecular weight excluding hydrogens is 431 g/mol. The molecule has 4 atom stereocenters. The van der Waals surface area contributed by atoms with Crippen LogP contribution < -0.4 is 11.1 Å². The van der Waals surface area contributed by atoms with Crippen molar-refractivity contribution in [3.8, 4) is 0 Å². The Balaban J connectivity index is 1.70. The lowest BCUT2D eigenvalue weighted by Crippen LogP contribution is -2.48. The van der Waals surface area contributed by atoms with Crippen LogP contribution in [-0.4, -0.2) is 43.8 Å². The Morgan fingerprint density at radius 1 is 1.23 bits per heavy atom. The minimum atomic E-state index is -4.62. The SMILES string of the molecule is CC(C)(C)C[C@H](N)C(=O)N[C@H]1CC[C@@H]2CN(S(=O)(=O)c3cccc(C(F)(F)F)c3)C[C@@H]21. The summed E-state index contributed by atoms with van der Waals surface area (Å²) in [5, 5.41) is 2.98. The van der Waals surface area contributed by atoms with Crippen molar-refractivity contribution in [2.45, 2.75) is 63.2 Å². The molecule has 174 valence electrons. The van der Waals surface area contributed by atoms with E-state index in [1.165, 1.54) is 10.4 Å². The Morgan fingerprint density at radius 2 is 1.90 bits per heavy atom. The molecule has 1 saturated carbocycles. The zero-order chi connectivity index (χ0) is 23.2. The molecule has 1 aromatic carbocycles. The molecule has 1 heterocycles. The van der Waals surface area contributed by atoms with Gasteiger partial charge in [0.2, 0.25) is 15.9 Å². The molecule has 31 heavy (non-hydrogen) atoms. The molecule has 0 aromatic heterocycles. The molecule has 0 unspecified atom stereocenters. The van der Waals surface area contributed by atoms with Gasteiger partial charge in [0.15, 0.2) is 0 Å². The highest BCUT2D eigenvalue weighted by molar-refractivity contribution is 7.89. The topological polar surface area (TPSA) is 92.5 Å². The quantitative estimate of drug-likeness (QED) is 0.705. The molecular formula is C21H30F3N3O3S. The molecule has 3 N–H and O–H groups in total. The molecule has 10 heteroatoms. The van der Waals surface area contributed by atoms with E-state index in [4.69, 9.17) is 5.73 Å². The molecule has 1 saturated heterocycles. The lowest BCUT2D eigenvalue weighted by Gasteiger charge is -2.26. The minimum absolute atomic E-state index is 0.0599. The third kappa shape index (κ3) is 5.40. The molecule has 0 radical (unpaired) electrons. The summed E-state index contributed by atoms with van der Waals surface area (Å²) >= 11 is 0. The third-order valence-corrected chi connectivity index (χ3v) is 7.95. The fourth-order valence-electron chi connectivity index (χ4n) is 4.62. The smallest absolute Gasteiger partial charge is 0.352 e. The standard InChI is InChI=1S/C21H30F3N3O3S/c1-20(2,3)10-17(25)19(28)26-18-8-7-13-11-27(12-16(13)18)31(29,30)15-6-4-5-14(9-15)21(22,23)24/h4-6,9,13,16-18H,7-8,10-12,25H2,1-3H3,(H,26,28)/t13-,16+,17+,18+/m1/s1. The number of carbonyl (C=O) groups excluding carboxylic acids is 1. The molecule has 1 amide bonds. The summed E-state index contributed by atoms with van der Waals surface area (Å²) in [5.74, 6) is -0.268. The Morgan fingerprint density at radius 3 is 2.52 bits per heavy atom. The Kier molecular flexibility index (Phi) is 6.48. The molecule has 1 aromatic rings. The zero-order valence-corrected chi connectivity index (χ0v) is 18.8. The van der Waals surface area contributed by atoms with Gasteiger partial charge in [-0.05, 0) is 54.7 Å². The van der Waals surface area contributed by atoms with Crippen LogP contribution in [0.15, 0.2) is 29.2 Å². The maximum Gasteiger partial charge on any atom is 0.416 e. The molecule has 1 aliphatic heterocycles. The number of amides is 1. The predicted molar refractivity (Wildman–Crippen MR) is 110 cm³/mol. The van der Waals surface area contributed by atoms with Crippen LogP contribution in [-0.2, 0) is 21.0 Å². The Hall–Kier alpha value is -1.65. The molecule has 6 nitrogen and oxygen atoms in total. The van der Waals surface area contributed by atoms with Crippen LogP contribution in [0.3, 0.4) is 0 Å². The number of carbonyl (C=O) groups is 1. The first-order valence-corrected chi connectivity index (χ1v) is 11.9. The van der Waals surface area contributed by atoms with Gasteiger partial charge in [-0.15, -0.1) is 0 Å². The van der Waals surface area contributed by atoms with Gasteiger partial charge in [0.25, 0.3) is 0 Å². The van der Waals surface area contributed by atoms with E-state index in [0.717, 1.165) is 25.0 Å². The van der Waals surface area contributed by atoms with Gasteiger partial charge in [0, 0.05) is 19.1 Å². The molecule has 2 fully saturated rings. The number of hydrogen-bond donors (Lipinski definition) is 2. The molecule has 1 aliphatic carbocycles. The van der Waals surface area contributed by atoms with Gasteiger partial charge >= 0.3 is 6.18 Å². The maximum atomic E-state index is 13.0. The van der Waals surface area contributed by atoms with E-state index >= 15 is 0 Å². The van der Waals surface area contributed by atoms with E-state index in [-0.39, 0.29) is 47.2 Å². The first kappa shape index (κ1) is 24.0. The summed E-state index contributed by atoms with van der Waals surface area (Å²) in [7, 11) is -4.06. The second-order valence-corrected chi connectivity index (χ2v) is 11.8. The van der Waals surface area contributed by atoms with Crippen molar-refractivity contribution in [2.24, 2.45) is 23.0 Å². The normalized spacial score (nSPS) is 26.0. The van der Waals surface area contributed by atoms with Gasteiger partial charge in [-0.1, -0.05) is 26.8 Å². The molecule has 0 bridgehead atoms. The highest BCUT2D eigenvalue weighted by atomic mass is 32.2. The van der Waals surface area contributed by atoms with E-state index < -0.39 is 27.8 Å². The van der Waals surface area contributed by atoms with Crippen molar-refractivity contribution >= 4 is 15.9 Å². The van der Waals surface area contributed by atoms with E-state index in [9.17, 15) is 26.4 Å². The number of nitrogens with two attached hydrogens (primary N) is 1. The van der Waals surface area contributed by atoms with Gasteiger partial charge < -0.3 is 11.1 Å². The van der Waals surface area contributed by atoms with E-state index in [1.807, 2.05) is 20.8 Å². The van der Waals surface area contributed by atoms with Gasteiger partial charge in [-0.3, -0.25) is 4.79 Å². The van der Waals surface area contributed by atoms with Crippen LogP contribution in [0.5, 0.6) is 0 Å². The lowest BCUT2D eigenvalue weighted by molar-refractivity contribution is -0.137. The molecule has 2 aliphatic rings. The number of benzene rings is 1. The van der Waals surface area contributed by atoms with Gasteiger partial charge in [-0.2, -0.15) is 17.5 Å². The lowest BCUT2D eigenvalue weighted by atomic mass is 9.88. The van der Waals surface area contributed by atoms with Crippen molar-refractivity contribution < 1.29 is 26.4 Å². The number of halogens is 3.